The van der Waals surface area contributed by atoms with Gasteiger partial charge in [-0.1, -0.05) is 12.1 Å². The molecule has 190 valence electrons. The van der Waals surface area contributed by atoms with Gasteiger partial charge in [0.25, 0.3) is 10.0 Å². The van der Waals surface area contributed by atoms with Crippen LogP contribution in [0, 0.1) is 0 Å². The number of rotatable bonds is 10. The molecule has 2 heterocycles. The molecule has 0 radical (unpaired) electrons. The van der Waals surface area contributed by atoms with Crippen LogP contribution in [0.5, 0.6) is 5.75 Å². The first kappa shape index (κ1) is 25.4. The minimum Gasteiger partial charge on any atom is -0.497 e. The second-order valence-electron chi connectivity index (χ2n) is 8.53. The van der Waals surface area contributed by atoms with E-state index in [1.54, 1.807) is 43.0 Å². The fourth-order valence-corrected chi connectivity index (χ4v) is 4.66. The summed E-state index contributed by atoms with van der Waals surface area (Å²) in [6.45, 7) is 0.466. The lowest BCUT2D eigenvalue weighted by molar-refractivity contribution is 0.299. The number of imidazole rings is 1. The van der Waals surface area contributed by atoms with Gasteiger partial charge in [-0.3, -0.25) is 4.72 Å². The van der Waals surface area contributed by atoms with E-state index in [1.165, 1.54) is 6.20 Å². The highest BCUT2D eigenvalue weighted by Gasteiger charge is 2.23. The first-order valence-corrected chi connectivity index (χ1v) is 12.7. The van der Waals surface area contributed by atoms with Crippen molar-refractivity contribution in [1.82, 2.24) is 24.4 Å². The van der Waals surface area contributed by atoms with Crippen LogP contribution in [0.4, 0.5) is 17.3 Å². The van der Waals surface area contributed by atoms with Crippen molar-refractivity contribution in [3.8, 4) is 5.75 Å². The smallest absolute Gasteiger partial charge is 0.282 e. The summed E-state index contributed by atoms with van der Waals surface area (Å²) in [5.41, 5.74) is 2.57. The first-order valence-electron chi connectivity index (χ1n) is 11.2. The van der Waals surface area contributed by atoms with Crippen LogP contribution in [0.15, 0.2) is 53.7 Å². The molecular formula is C24H29N7O4S. The average Bonchev–Trinajstić information content (AvgIpc) is 3.19. The van der Waals surface area contributed by atoms with Crippen molar-refractivity contribution in [1.29, 1.82) is 0 Å². The molecule has 0 aliphatic heterocycles. The number of anilines is 3. The third kappa shape index (κ3) is 5.73. The molecule has 0 atom stereocenters. The molecule has 0 unspecified atom stereocenters. The largest absolute Gasteiger partial charge is 0.497 e. The van der Waals surface area contributed by atoms with Crippen molar-refractivity contribution < 1.29 is 18.3 Å². The van der Waals surface area contributed by atoms with Crippen LogP contribution < -0.4 is 14.8 Å². The molecular weight excluding hydrogens is 482 g/mol. The molecule has 4 aromatic rings. The van der Waals surface area contributed by atoms with Gasteiger partial charge >= 0.3 is 0 Å². The number of nitrogens with one attached hydrogen (secondary N) is 2. The van der Waals surface area contributed by atoms with Crippen LogP contribution in [0.25, 0.3) is 11.0 Å². The predicted molar refractivity (Wildman–Crippen MR) is 138 cm³/mol. The summed E-state index contributed by atoms with van der Waals surface area (Å²) in [6.07, 6.45) is 1.90. The van der Waals surface area contributed by atoms with Crippen LogP contribution >= 0.6 is 0 Å². The van der Waals surface area contributed by atoms with E-state index in [-0.39, 0.29) is 23.3 Å². The lowest BCUT2D eigenvalue weighted by Crippen LogP contribution is -2.17. The lowest BCUT2D eigenvalue weighted by Gasteiger charge is -2.14. The maximum absolute atomic E-state index is 13.3. The molecule has 2 aromatic carbocycles. The van der Waals surface area contributed by atoms with Gasteiger partial charge in [-0.2, -0.15) is 8.42 Å². The molecule has 4 rings (SSSR count). The average molecular weight is 512 g/mol. The standard InChI is InChI=1S/C24H29N7O4S/c1-30(2)14-21-28-22(15-31(21)3)36(33,34)29-24-23(26-19-7-5-6-8-20(19)27-24)25-17-11-16(9-10-32)12-18(13-17)35-4/h5-8,11-13,15,32H,9-10,14H2,1-4H3,(H,25,26)(H,27,29). The number of aryl methyl sites for hydroxylation is 1. The third-order valence-electron chi connectivity index (χ3n) is 5.35. The minimum atomic E-state index is -4.06. The van der Waals surface area contributed by atoms with Crippen molar-refractivity contribution in [2.75, 3.05) is 37.9 Å². The Morgan fingerprint density at radius 1 is 1.06 bits per heavy atom. The summed E-state index contributed by atoms with van der Waals surface area (Å²) in [5, 5.41) is 12.4. The van der Waals surface area contributed by atoms with Gasteiger partial charge in [0.05, 0.1) is 24.7 Å². The second-order valence-corrected chi connectivity index (χ2v) is 10.2. The zero-order valence-corrected chi connectivity index (χ0v) is 21.4. The van der Waals surface area contributed by atoms with Gasteiger partial charge in [-0.05, 0) is 50.3 Å². The van der Waals surface area contributed by atoms with Crippen LogP contribution in [0.3, 0.4) is 0 Å². The number of nitrogens with zero attached hydrogens (tertiary/aromatic N) is 5. The fourth-order valence-electron chi connectivity index (χ4n) is 3.63. The van der Waals surface area contributed by atoms with Crippen LogP contribution in [0.1, 0.15) is 11.4 Å². The van der Waals surface area contributed by atoms with E-state index in [1.807, 2.05) is 37.2 Å². The Kier molecular flexibility index (Phi) is 7.38. The Morgan fingerprint density at radius 2 is 1.75 bits per heavy atom. The number of hydrogen-bond acceptors (Lipinski definition) is 9. The SMILES string of the molecule is COc1cc(CCO)cc(Nc2nc3ccccc3nc2NS(=O)(=O)c2cn(C)c(CN(C)C)n2)c1. The number of methoxy groups -OCH3 is 1. The summed E-state index contributed by atoms with van der Waals surface area (Å²) in [5.74, 6) is 1.43. The van der Waals surface area contributed by atoms with Gasteiger partial charge < -0.3 is 24.6 Å². The number of para-hydroxylation sites is 2. The second kappa shape index (κ2) is 10.5. The van der Waals surface area contributed by atoms with Crippen molar-refractivity contribution >= 4 is 38.4 Å². The summed E-state index contributed by atoms with van der Waals surface area (Å²) in [7, 11) is 3.00. The predicted octanol–water partition coefficient (Wildman–Crippen LogP) is 2.51. The van der Waals surface area contributed by atoms with E-state index in [0.717, 1.165) is 5.56 Å². The molecule has 0 fully saturated rings. The number of aromatic nitrogens is 4. The summed E-state index contributed by atoms with van der Waals surface area (Å²) >= 11 is 0. The van der Waals surface area contributed by atoms with Gasteiger partial charge in [-0.25, -0.2) is 15.0 Å². The maximum atomic E-state index is 13.3. The monoisotopic (exact) mass is 511 g/mol. The van der Waals surface area contributed by atoms with Crippen LogP contribution in [0.2, 0.25) is 0 Å². The Bertz CT molecular complexity index is 1490. The maximum Gasteiger partial charge on any atom is 0.282 e. The Labute approximate surface area is 209 Å². The Morgan fingerprint density at radius 3 is 2.39 bits per heavy atom. The molecule has 2 aromatic heterocycles. The Balaban J connectivity index is 1.74. The number of ether oxygens (including phenoxy) is 1. The number of fused-ring (bicyclic) bond motifs is 1. The van der Waals surface area contributed by atoms with Crippen molar-refractivity contribution in [3.05, 3.63) is 60.0 Å². The number of hydrogen-bond donors (Lipinski definition) is 3. The first-order chi connectivity index (χ1) is 17.2. The summed E-state index contributed by atoms with van der Waals surface area (Å²) < 4.78 is 36.2. The summed E-state index contributed by atoms with van der Waals surface area (Å²) in [4.78, 5) is 15.4. The minimum absolute atomic E-state index is 0.0205. The highest BCUT2D eigenvalue weighted by Crippen LogP contribution is 2.29. The zero-order chi connectivity index (χ0) is 25.9. The number of benzene rings is 2. The molecule has 0 amide bonds. The molecule has 0 aliphatic carbocycles. The van der Waals surface area contributed by atoms with E-state index in [0.29, 0.717) is 41.3 Å². The number of aliphatic hydroxyl groups excluding tert-OH is 1. The highest BCUT2D eigenvalue weighted by atomic mass is 32.2. The van der Waals surface area contributed by atoms with E-state index in [9.17, 15) is 13.5 Å². The Hall–Kier alpha value is -3.74. The molecule has 0 saturated carbocycles. The van der Waals surface area contributed by atoms with Crippen molar-refractivity contribution in [2.24, 2.45) is 7.05 Å². The van der Waals surface area contributed by atoms with E-state index in [2.05, 4.69) is 25.0 Å². The quantitative estimate of drug-likeness (QED) is 0.293. The van der Waals surface area contributed by atoms with Gasteiger partial charge in [0.2, 0.25) is 0 Å². The van der Waals surface area contributed by atoms with Crippen LogP contribution in [-0.2, 0) is 30.0 Å². The summed E-state index contributed by atoms with van der Waals surface area (Å²) in [6, 6.07) is 12.6. The molecule has 3 N–H and O–H groups in total. The topological polar surface area (TPSA) is 134 Å². The molecule has 0 bridgehead atoms. The van der Waals surface area contributed by atoms with E-state index >= 15 is 0 Å². The van der Waals surface area contributed by atoms with Gasteiger partial charge in [-0.15, -0.1) is 0 Å². The zero-order valence-electron chi connectivity index (χ0n) is 20.6. The number of sulfonamides is 1. The fraction of sp³-hybridized carbons (Fsp3) is 0.292. The molecule has 11 nitrogen and oxygen atoms in total. The molecule has 0 spiro atoms. The van der Waals surface area contributed by atoms with Gasteiger partial charge in [0.15, 0.2) is 16.7 Å². The van der Waals surface area contributed by atoms with Crippen molar-refractivity contribution in [2.45, 2.75) is 18.0 Å². The molecule has 36 heavy (non-hydrogen) atoms. The van der Waals surface area contributed by atoms with E-state index in [4.69, 9.17) is 4.74 Å². The number of aliphatic hydroxyl groups is 1. The third-order valence-corrected chi connectivity index (χ3v) is 6.56. The molecule has 12 heteroatoms. The normalized spacial score (nSPS) is 11.7. The van der Waals surface area contributed by atoms with Crippen molar-refractivity contribution in [3.63, 3.8) is 0 Å². The van der Waals surface area contributed by atoms with Gasteiger partial charge in [0.1, 0.15) is 11.6 Å². The lowest BCUT2D eigenvalue weighted by atomic mass is 10.1. The van der Waals surface area contributed by atoms with Gasteiger partial charge in [0, 0.05) is 31.6 Å². The van der Waals surface area contributed by atoms with Crippen LogP contribution in [-0.4, -0.2) is 65.8 Å². The van der Waals surface area contributed by atoms with E-state index < -0.39 is 10.0 Å². The molecule has 0 aliphatic rings. The highest BCUT2D eigenvalue weighted by molar-refractivity contribution is 7.92. The molecule has 0 saturated heterocycles.